The Balaban J connectivity index is 1.73. The van der Waals surface area contributed by atoms with Crippen LogP contribution in [0.1, 0.15) is 29.3 Å². The van der Waals surface area contributed by atoms with Gasteiger partial charge in [0, 0.05) is 17.8 Å². The van der Waals surface area contributed by atoms with Crippen LogP contribution in [0.2, 0.25) is 0 Å². The van der Waals surface area contributed by atoms with Gasteiger partial charge in [0.2, 0.25) is 15.9 Å². The Morgan fingerprint density at radius 2 is 1.88 bits per heavy atom. The van der Waals surface area contributed by atoms with Gasteiger partial charge in [0.05, 0.1) is 11.4 Å². The van der Waals surface area contributed by atoms with Gasteiger partial charge in [-0.1, -0.05) is 30.3 Å². The number of sulfonamides is 1. The topological polar surface area (TPSA) is 83.5 Å². The zero-order chi connectivity index (χ0) is 18.7. The number of anilines is 1. The number of nitrogens with one attached hydrogen (secondary N) is 1. The highest BCUT2D eigenvalue weighted by Gasteiger charge is 2.24. The van der Waals surface area contributed by atoms with E-state index >= 15 is 0 Å². The van der Waals surface area contributed by atoms with Crippen molar-refractivity contribution in [2.24, 2.45) is 0 Å². The summed E-state index contributed by atoms with van der Waals surface area (Å²) < 4.78 is 27.2. The molecule has 0 unspecified atom stereocenters. The van der Waals surface area contributed by atoms with Gasteiger partial charge in [-0.25, -0.2) is 13.1 Å². The number of carbonyl (C=O) groups excluding carboxylic acids is 2. The van der Waals surface area contributed by atoms with Crippen molar-refractivity contribution >= 4 is 27.4 Å². The third-order valence-corrected chi connectivity index (χ3v) is 5.77. The maximum Gasteiger partial charge on any atom is 0.242 e. The van der Waals surface area contributed by atoms with E-state index in [1.165, 1.54) is 25.1 Å². The summed E-state index contributed by atoms with van der Waals surface area (Å²) in [7, 11) is -3.88. The predicted molar refractivity (Wildman–Crippen MR) is 98.8 cm³/mol. The minimum atomic E-state index is -3.88. The number of para-hydroxylation sites is 1. The van der Waals surface area contributed by atoms with Gasteiger partial charge in [-0.15, -0.1) is 0 Å². The van der Waals surface area contributed by atoms with Crippen molar-refractivity contribution in [3.63, 3.8) is 0 Å². The van der Waals surface area contributed by atoms with Crippen LogP contribution in [0.5, 0.6) is 0 Å². The number of fused-ring (bicyclic) bond motifs is 1. The van der Waals surface area contributed by atoms with E-state index in [4.69, 9.17) is 0 Å². The van der Waals surface area contributed by atoms with E-state index in [2.05, 4.69) is 4.72 Å². The first-order chi connectivity index (χ1) is 12.4. The molecule has 136 valence electrons. The van der Waals surface area contributed by atoms with Crippen LogP contribution in [0.25, 0.3) is 0 Å². The van der Waals surface area contributed by atoms with Crippen LogP contribution in [0.15, 0.2) is 53.4 Å². The lowest BCUT2D eigenvalue weighted by Crippen LogP contribution is -2.42. The van der Waals surface area contributed by atoms with E-state index in [0.29, 0.717) is 12.1 Å². The van der Waals surface area contributed by atoms with Crippen LogP contribution < -0.4 is 9.62 Å². The zero-order valence-electron chi connectivity index (χ0n) is 14.4. The minimum absolute atomic E-state index is 0.0305. The molecule has 0 saturated carbocycles. The second-order valence-electron chi connectivity index (χ2n) is 6.19. The SMILES string of the molecule is CC(=O)c1cccc(S(=O)(=O)NCC(=O)N2CCCc3ccccc32)c1. The number of nitrogens with zero attached hydrogens (tertiary/aromatic N) is 1. The molecule has 3 rings (SSSR count). The molecule has 6 nitrogen and oxygen atoms in total. The fourth-order valence-corrected chi connectivity index (χ4v) is 4.03. The number of Topliss-reactive ketones (excluding diaryl/α,β-unsaturated/α-hetero) is 1. The van der Waals surface area contributed by atoms with Gasteiger partial charge in [-0.05, 0) is 43.5 Å². The van der Waals surface area contributed by atoms with Crippen molar-refractivity contribution in [3.8, 4) is 0 Å². The van der Waals surface area contributed by atoms with E-state index in [9.17, 15) is 18.0 Å². The quantitative estimate of drug-likeness (QED) is 0.815. The molecular weight excluding hydrogens is 352 g/mol. The Morgan fingerprint density at radius 1 is 1.12 bits per heavy atom. The van der Waals surface area contributed by atoms with Crippen LogP contribution in [0, 0.1) is 0 Å². The van der Waals surface area contributed by atoms with Crippen LogP contribution >= 0.6 is 0 Å². The molecule has 1 aliphatic rings. The average molecular weight is 372 g/mol. The van der Waals surface area contributed by atoms with E-state index in [1.54, 1.807) is 11.0 Å². The third kappa shape index (κ3) is 3.84. The number of amides is 1. The van der Waals surface area contributed by atoms with Crippen LogP contribution in [-0.2, 0) is 21.2 Å². The number of ketones is 1. The average Bonchev–Trinajstić information content (AvgIpc) is 2.66. The number of hydrogen-bond donors (Lipinski definition) is 1. The molecule has 2 aromatic rings. The maximum absolute atomic E-state index is 12.6. The number of aryl methyl sites for hydroxylation is 1. The highest BCUT2D eigenvalue weighted by atomic mass is 32.2. The fraction of sp³-hybridized carbons (Fsp3) is 0.263. The Labute approximate surface area is 152 Å². The summed E-state index contributed by atoms with van der Waals surface area (Å²) >= 11 is 0. The van der Waals surface area contributed by atoms with Crippen molar-refractivity contribution in [2.45, 2.75) is 24.7 Å². The molecular formula is C19H20N2O4S. The third-order valence-electron chi connectivity index (χ3n) is 4.38. The first kappa shape index (κ1) is 18.3. The lowest BCUT2D eigenvalue weighted by atomic mass is 10.0. The summed E-state index contributed by atoms with van der Waals surface area (Å²) in [5.41, 5.74) is 2.23. The summed E-state index contributed by atoms with van der Waals surface area (Å²) in [6.45, 7) is 1.61. The summed E-state index contributed by atoms with van der Waals surface area (Å²) in [5.74, 6) is -0.522. The highest BCUT2D eigenvalue weighted by molar-refractivity contribution is 7.89. The Bertz CT molecular complexity index is 954. The second-order valence-corrected chi connectivity index (χ2v) is 7.95. The van der Waals surface area contributed by atoms with Gasteiger partial charge in [0.25, 0.3) is 0 Å². The molecule has 1 amide bonds. The van der Waals surface area contributed by atoms with Crippen LogP contribution in [0.4, 0.5) is 5.69 Å². The Morgan fingerprint density at radius 3 is 2.65 bits per heavy atom. The molecule has 0 radical (unpaired) electrons. The second kappa shape index (κ2) is 7.39. The molecule has 0 aliphatic carbocycles. The highest BCUT2D eigenvalue weighted by Crippen LogP contribution is 2.26. The summed E-state index contributed by atoms with van der Waals surface area (Å²) in [6, 6.07) is 13.4. The Hall–Kier alpha value is -2.51. The number of rotatable bonds is 5. The molecule has 7 heteroatoms. The monoisotopic (exact) mass is 372 g/mol. The van der Waals surface area contributed by atoms with E-state index in [1.807, 2.05) is 24.3 Å². The van der Waals surface area contributed by atoms with Gasteiger partial charge in [-0.2, -0.15) is 0 Å². The first-order valence-electron chi connectivity index (χ1n) is 8.37. The normalized spacial score (nSPS) is 14.0. The van der Waals surface area contributed by atoms with Crippen molar-refractivity contribution in [1.82, 2.24) is 4.72 Å². The molecule has 0 atom stereocenters. The van der Waals surface area contributed by atoms with E-state index < -0.39 is 10.0 Å². The summed E-state index contributed by atoms with van der Waals surface area (Å²) in [5, 5.41) is 0. The van der Waals surface area contributed by atoms with Gasteiger partial charge < -0.3 is 4.90 Å². The van der Waals surface area contributed by atoms with Crippen molar-refractivity contribution in [3.05, 3.63) is 59.7 Å². The van der Waals surface area contributed by atoms with Crippen molar-refractivity contribution < 1.29 is 18.0 Å². The molecule has 0 saturated heterocycles. The molecule has 0 bridgehead atoms. The molecule has 1 heterocycles. The predicted octanol–water partition coefficient (Wildman–Crippen LogP) is 2.15. The Kier molecular flexibility index (Phi) is 5.20. The van der Waals surface area contributed by atoms with Gasteiger partial charge in [0.15, 0.2) is 5.78 Å². The number of benzene rings is 2. The molecule has 0 spiro atoms. The zero-order valence-corrected chi connectivity index (χ0v) is 15.3. The largest absolute Gasteiger partial charge is 0.311 e. The standard InChI is InChI=1S/C19H20N2O4S/c1-14(22)16-7-4-9-17(12-16)26(24,25)20-13-19(23)21-11-5-8-15-6-2-3-10-18(15)21/h2-4,6-7,9-10,12,20H,5,8,11,13H2,1H3. The molecule has 1 N–H and O–H groups in total. The van der Waals surface area contributed by atoms with Crippen molar-refractivity contribution in [1.29, 1.82) is 0 Å². The number of hydrogen-bond acceptors (Lipinski definition) is 4. The van der Waals surface area contributed by atoms with Gasteiger partial charge in [-0.3, -0.25) is 9.59 Å². The van der Waals surface area contributed by atoms with Crippen LogP contribution in [0.3, 0.4) is 0 Å². The number of carbonyl (C=O) groups is 2. The molecule has 26 heavy (non-hydrogen) atoms. The molecule has 0 fully saturated rings. The first-order valence-corrected chi connectivity index (χ1v) is 9.86. The summed E-state index contributed by atoms with van der Waals surface area (Å²) in [4.78, 5) is 25.6. The maximum atomic E-state index is 12.6. The smallest absolute Gasteiger partial charge is 0.242 e. The summed E-state index contributed by atoms with van der Waals surface area (Å²) in [6.07, 6.45) is 1.75. The van der Waals surface area contributed by atoms with E-state index in [0.717, 1.165) is 24.1 Å². The lowest BCUT2D eigenvalue weighted by Gasteiger charge is -2.29. The molecule has 1 aliphatic heterocycles. The molecule has 0 aromatic heterocycles. The van der Waals surface area contributed by atoms with Crippen molar-refractivity contribution in [2.75, 3.05) is 18.0 Å². The fourth-order valence-electron chi connectivity index (χ4n) is 3.01. The van der Waals surface area contributed by atoms with E-state index in [-0.39, 0.29) is 23.1 Å². The minimum Gasteiger partial charge on any atom is -0.311 e. The lowest BCUT2D eigenvalue weighted by molar-refractivity contribution is -0.117. The van der Waals surface area contributed by atoms with Gasteiger partial charge >= 0.3 is 0 Å². The van der Waals surface area contributed by atoms with Gasteiger partial charge in [0.1, 0.15) is 0 Å². The van der Waals surface area contributed by atoms with Crippen LogP contribution in [-0.4, -0.2) is 33.2 Å². The molecule has 2 aromatic carbocycles.